The molecule has 4 aromatic rings. The molecule has 6 heteroatoms. The van der Waals surface area contributed by atoms with E-state index < -0.39 is 0 Å². The van der Waals surface area contributed by atoms with Gasteiger partial charge in [-0.15, -0.1) is 0 Å². The van der Waals surface area contributed by atoms with Crippen molar-refractivity contribution in [3.8, 4) is 0 Å². The van der Waals surface area contributed by atoms with Gasteiger partial charge in [-0.2, -0.15) is 0 Å². The van der Waals surface area contributed by atoms with Crippen molar-refractivity contribution in [3.63, 3.8) is 0 Å². The van der Waals surface area contributed by atoms with Gasteiger partial charge in [0.25, 0.3) is 0 Å². The molecule has 0 unspecified atom stereocenters. The van der Waals surface area contributed by atoms with E-state index >= 15 is 0 Å². The Labute approximate surface area is 152 Å². The number of nitrogens with zero attached hydrogens (tertiary/aromatic N) is 4. The number of fused-ring (bicyclic) bond motifs is 2. The highest BCUT2D eigenvalue weighted by Crippen LogP contribution is 2.32. The number of para-hydroxylation sites is 4. The van der Waals surface area contributed by atoms with Gasteiger partial charge in [0, 0.05) is 0 Å². The summed E-state index contributed by atoms with van der Waals surface area (Å²) in [5, 5.41) is 0. The summed E-state index contributed by atoms with van der Waals surface area (Å²) in [5.41, 5.74) is 16.5. The number of rotatable bonds is 6. The first-order valence-electron chi connectivity index (χ1n) is 9.15. The molecule has 2 aromatic heterocycles. The number of aromatic nitrogens is 4. The van der Waals surface area contributed by atoms with E-state index in [1.807, 2.05) is 36.4 Å². The Kier molecular flexibility index (Phi) is 4.24. The smallest absolute Gasteiger partial charge is 0.202 e. The van der Waals surface area contributed by atoms with Crippen LogP contribution in [0.1, 0.15) is 38.8 Å². The van der Waals surface area contributed by atoms with Crippen LogP contribution >= 0.6 is 0 Å². The van der Waals surface area contributed by atoms with Gasteiger partial charge >= 0.3 is 0 Å². The molecule has 0 radical (unpaired) electrons. The molecular weight excluding hydrogens is 324 g/mol. The van der Waals surface area contributed by atoms with Gasteiger partial charge in [-0.25, -0.2) is 9.97 Å². The molecule has 0 amide bonds. The summed E-state index contributed by atoms with van der Waals surface area (Å²) in [6.45, 7) is 2.21. The fourth-order valence-electron chi connectivity index (χ4n) is 3.70. The maximum Gasteiger partial charge on any atom is 0.202 e. The SMILES string of the molecule is CCCCCC(n1c(N)nc2ccccc21)n1c(N)nc2ccccc21. The van der Waals surface area contributed by atoms with Gasteiger partial charge in [-0.05, 0) is 37.1 Å². The van der Waals surface area contributed by atoms with Crippen LogP contribution in [-0.4, -0.2) is 19.1 Å². The Balaban J connectivity index is 1.92. The van der Waals surface area contributed by atoms with Crippen molar-refractivity contribution < 1.29 is 0 Å². The Hall–Kier alpha value is -3.02. The maximum absolute atomic E-state index is 6.34. The highest BCUT2D eigenvalue weighted by Gasteiger charge is 2.23. The zero-order chi connectivity index (χ0) is 18.1. The van der Waals surface area contributed by atoms with Crippen LogP contribution in [0.2, 0.25) is 0 Å². The van der Waals surface area contributed by atoms with Gasteiger partial charge < -0.3 is 11.5 Å². The Morgan fingerprint density at radius 3 is 1.81 bits per heavy atom. The van der Waals surface area contributed by atoms with Crippen molar-refractivity contribution in [2.45, 2.75) is 38.8 Å². The molecule has 26 heavy (non-hydrogen) atoms. The lowest BCUT2D eigenvalue weighted by molar-refractivity contribution is 0.411. The fourth-order valence-corrected chi connectivity index (χ4v) is 3.70. The van der Waals surface area contributed by atoms with Gasteiger partial charge in [0.2, 0.25) is 11.9 Å². The van der Waals surface area contributed by atoms with Crippen molar-refractivity contribution in [1.82, 2.24) is 19.1 Å². The van der Waals surface area contributed by atoms with Crippen molar-refractivity contribution in [2.75, 3.05) is 11.5 Å². The first kappa shape index (κ1) is 16.4. The van der Waals surface area contributed by atoms with Gasteiger partial charge in [0.05, 0.1) is 22.1 Å². The molecule has 4 rings (SSSR count). The first-order valence-corrected chi connectivity index (χ1v) is 9.15. The second-order valence-electron chi connectivity index (χ2n) is 6.63. The number of hydrogen-bond donors (Lipinski definition) is 2. The second kappa shape index (κ2) is 6.71. The third kappa shape index (κ3) is 2.67. The summed E-state index contributed by atoms with van der Waals surface area (Å²) in [6, 6.07) is 16.1. The predicted octanol–water partition coefficient (Wildman–Crippen LogP) is 4.18. The van der Waals surface area contributed by atoms with Gasteiger partial charge in [0.1, 0.15) is 6.17 Å². The van der Waals surface area contributed by atoms with E-state index in [4.69, 9.17) is 11.5 Å². The largest absolute Gasteiger partial charge is 0.369 e. The van der Waals surface area contributed by atoms with E-state index in [9.17, 15) is 0 Å². The number of nitrogen functional groups attached to an aromatic ring is 2. The van der Waals surface area contributed by atoms with Crippen LogP contribution in [0.4, 0.5) is 11.9 Å². The lowest BCUT2D eigenvalue weighted by Crippen LogP contribution is -2.21. The predicted molar refractivity (Wildman–Crippen MR) is 107 cm³/mol. The van der Waals surface area contributed by atoms with Gasteiger partial charge in [-0.3, -0.25) is 9.13 Å². The van der Waals surface area contributed by atoms with E-state index in [-0.39, 0.29) is 6.17 Å². The van der Waals surface area contributed by atoms with E-state index in [0.29, 0.717) is 11.9 Å². The van der Waals surface area contributed by atoms with Crippen LogP contribution in [0.3, 0.4) is 0 Å². The average Bonchev–Trinajstić information content (AvgIpc) is 3.15. The first-order chi connectivity index (χ1) is 12.7. The molecule has 0 fully saturated rings. The summed E-state index contributed by atoms with van der Waals surface area (Å²) >= 11 is 0. The third-order valence-electron chi connectivity index (χ3n) is 4.91. The molecule has 0 saturated carbocycles. The Morgan fingerprint density at radius 2 is 1.31 bits per heavy atom. The molecule has 134 valence electrons. The topological polar surface area (TPSA) is 87.7 Å². The van der Waals surface area contributed by atoms with Crippen LogP contribution in [-0.2, 0) is 0 Å². The highest BCUT2D eigenvalue weighted by atomic mass is 15.3. The molecule has 0 aliphatic heterocycles. The molecule has 0 atom stereocenters. The fraction of sp³-hybridized carbons (Fsp3) is 0.300. The molecule has 2 aromatic carbocycles. The Morgan fingerprint density at radius 1 is 0.808 bits per heavy atom. The molecule has 0 bridgehead atoms. The molecule has 0 aliphatic carbocycles. The van der Waals surface area contributed by atoms with Crippen molar-refractivity contribution in [3.05, 3.63) is 48.5 Å². The van der Waals surface area contributed by atoms with Crippen molar-refractivity contribution in [1.29, 1.82) is 0 Å². The van der Waals surface area contributed by atoms with Crippen LogP contribution in [0.15, 0.2) is 48.5 Å². The van der Waals surface area contributed by atoms with E-state index in [1.165, 1.54) is 0 Å². The van der Waals surface area contributed by atoms with Crippen LogP contribution in [0, 0.1) is 0 Å². The average molecular weight is 348 g/mol. The zero-order valence-corrected chi connectivity index (χ0v) is 15.0. The van der Waals surface area contributed by atoms with Gasteiger partial charge in [0.15, 0.2) is 0 Å². The lowest BCUT2D eigenvalue weighted by Gasteiger charge is -2.24. The number of hydrogen-bond acceptors (Lipinski definition) is 4. The molecule has 6 nitrogen and oxygen atoms in total. The number of nitrogens with two attached hydrogens (primary N) is 2. The highest BCUT2D eigenvalue weighted by molar-refractivity contribution is 5.80. The minimum Gasteiger partial charge on any atom is -0.369 e. The molecule has 0 saturated heterocycles. The lowest BCUT2D eigenvalue weighted by atomic mass is 10.1. The Bertz CT molecular complexity index is 965. The van der Waals surface area contributed by atoms with Crippen LogP contribution in [0.25, 0.3) is 22.1 Å². The van der Waals surface area contributed by atoms with Crippen LogP contribution in [0.5, 0.6) is 0 Å². The summed E-state index contributed by atoms with van der Waals surface area (Å²) in [6.07, 6.45) is 4.27. The summed E-state index contributed by atoms with van der Waals surface area (Å²) in [5.74, 6) is 1.01. The third-order valence-corrected chi connectivity index (χ3v) is 4.91. The number of benzene rings is 2. The molecule has 0 spiro atoms. The summed E-state index contributed by atoms with van der Waals surface area (Å²) in [4.78, 5) is 9.10. The molecule has 2 heterocycles. The van der Waals surface area contributed by atoms with E-state index in [1.54, 1.807) is 0 Å². The number of unbranched alkanes of at least 4 members (excludes halogenated alkanes) is 2. The second-order valence-corrected chi connectivity index (χ2v) is 6.63. The zero-order valence-electron chi connectivity index (χ0n) is 15.0. The minimum absolute atomic E-state index is 0.0543. The molecule has 4 N–H and O–H groups in total. The maximum atomic E-state index is 6.34. The molecular formula is C20H24N6. The standard InChI is InChI=1S/C20H24N6/c1-2-3-4-13-18(25-16-11-7-5-9-14(16)23-19(25)21)26-17-12-8-6-10-15(17)24-20(26)22/h5-12,18H,2-4,13H2,1H3,(H2,21,23)(H2,22,24). The minimum atomic E-state index is -0.0543. The number of imidazole rings is 2. The van der Waals surface area contributed by atoms with E-state index in [0.717, 1.165) is 47.8 Å². The summed E-state index contributed by atoms with van der Waals surface area (Å²) < 4.78 is 4.19. The van der Waals surface area contributed by atoms with Crippen LogP contribution < -0.4 is 11.5 Å². The van der Waals surface area contributed by atoms with Gasteiger partial charge in [-0.1, -0.05) is 44.0 Å². The molecule has 0 aliphatic rings. The van der Waals surface area contributed by atoms with Crippen molar-refractivity contribution in [2.24, 2.45) is 0 Å². The monoisotopic (exact) mass is 348 g/mol. The number of anilines is 2. The quantitative estimate of drug-likeness (QED) is 0.512. The normalized spacial score (nSPS) is 11.8. The summed E-state index contributed by atoms with van der Waals surface area (Å²) in [7, 11) is 0. The van der Waals surface area contributed by atoms with E-state index in [2.05, 4.69) is 38.2 Å². The van der Waals surface area contributed by atoms with Crippen molar-refractivity contribution >= 4 is 34.0 Å².